The molecule has 1 aliphatic rings. The number of ether oxygens (including phenoxy) is 2. The highest BCUT2D eigenvalue weighted by molar-refractivity contribution is 7.14. The second kappa shape index (κ2) is 8.21. The zero-order valence-electron chi connectivity index (χ0n) is 14.8. The smallest absolute Gasteiger partial charge is 0.239 e. The summed E-state index contributed by atoms with van der Waals surface area (Å²) < 4.78 is 10.9. The summed E-state index contributed by atoms with van der Waals surface area (Å²) in [4.78, 5) is 14.6. The number of thiophene rings is 1. The van der Waals surface area contributed by atoms with Crippen molar-refractivity contribution in [1.29, 1.82) is 5.26 Å². The van der Waals surface area contributed by atoms with Crippen molar-refractivity contribution in [3.63, 3.8) is 0 Å². The Morgan fingerprint density at radius 3 is 2.96 bits per heavy atom. The van der Waals surface area contributed by atoms with Gasteiger partial charge in [0.25, 0.3) is 0 Å². The molecule has 0 saturated carbocycles. The molecule has 7 heteroatoms. The van der Waals surface area contributed by atoms with Gasteiger partial charge in [-0.2, -0.15) is 5.26 Å². The van der Waals surface area contributed by atoms with Crippen LogP contribution in [0.3, 0.4) is 0 Å². The van der Waals surface area contributed by atoms with E-state index in [0.717, 1.165) is 36.4 Å². The number of benzene rings is 1. The number of rotatable bonds is 6. The van der Waals surface area contributed by atoms with Crippen LogP contribution < -0.4 is 14.8 Å². The summed E-state index contributed by atoms with van der Waals surface area (Å²) in [5.74, 6) is 1.46. The molecule has 0 aliphatic carbocycles. The van der Waals surface area contributed by atoms with Crippen LogP contribution >= 0.6 is 11.3 Å². The fourth-order valence-electron chi connectivity index (χ4n) is 3.31. The van der Waals surface area contributed by atoms with Gasteiger partial charge in [0.15, 0.2) is 0 Å². The Morgan fingerprint density at radius 1 is 1.38 bits per heavy atom. The van der Waals surface area contributed by atoms with Crippen LogP contribution in [0, 0.1) is 11.3 Å². The number of anilines is 1. The van der Waals surface area contributed by atoms with Crippen molar-refractivity contribution in [3.8, 4) is 17.6 Å². The molecule has 0 bridgehead atoms. The molecule has 26 heavy (non-hydrogen) atoms. The topological polar surface area (TPSA) is 74.6 Å². The van der Waals surface area contributed by atoms with Gasteiger partial charge in [-0.25, -0.2) is 0 Å². The molecule has 1 saturated heterocycles. The minimum Gasteiger partial charge on any atom is -0.497 e. The van der Waals surface area contributed by atoms with Gasteiger partial charge in [0.05, 0.1) is 26.3 Å². The third kappa shape index (κ3) is 3.82. The van der Waals surface area contributed by atoms with Crippen LogP contribution in [0.15, 0.2) is 29.6 Å². The average molecular weight is 371 g/mol. The number of carbonyl (C=O) groups excluding carboxylic acids is 1. The standard InChI is InChI=1S/C19H21N3O3S/c1-24-14-5-6-17(25-2)15(10-14)16-4-3-8-22(16)12-18(23)21-19-13(11-20)7-9-26-19/h5-7,9-10,16H,3-4,8,12H2,1-2H3,(H,21,23)/t16-/m0/s1. The minimum atomic E-state index is -0.113. The van der Waals surface area contributed by atoms with E-state index in [-0.39, 0.29) is 18.5 Å². The van der Waals surface area contributed by atoms with E-state index in [1.165, 1.54) is 11.3 Å². The van der Waals surface area contributed by atoms with Crippen molar-refractivity contribution in [2.75, 3.05) is 32.6 Å². The zero-order chi connectivity index (χ0) is 18.5. The Balaban J connectivity index is 1.74. The first-order valence-electron chi connectivity index (χ1n) is 8.39. The van der Waals surface area contributed by atoms with E-state index in [2.05, 4.69) is 16.3 Å². The molecule has 1 atom stereocenters. The first kappa shape index (κ1) is 18.2. The van der Waals surface area contributed by atoms with Crippen LogP contribution in [0.2, 0.25) is 0 Å². The maximum Gasteiger partial charge on any atom is 0.239 e. The molecule has 1 fully saturated rings. The van der Waals surface area contributed by atoms with Crippen molar-refractivity contribution < 1.29 is 14.3 Å². The molecule has 0 spiro atoms. The first-order chi connectivity index (χ1) is 12.7. The number of nitrogens with one attached hydrogen (secondary N) is 1. The summed E-state index contributed by atoms with van der Waals surface area (Å²) in [5.41, 5.74) is 1.53. The summed E-state index contributed by atoms with van der Waals surface area (Å²) >= 11 is 1.36. The summed E-state index contributed by atoms with van der Waals surface area (Å²) in [6, 6.07) is 9.65. The zero-order valence-corrected chi connectivity index (χ0v) is 15.6. The number of nitriles is 1. The van der Waals surface area contributed by atoms with E-state index in [1.54, 1.807) is 25.7 Å². The van der Waals surface area contributed by atoms with Gasteiger partial charge in [-0.1, -0.05) is 0 Å². The number of hydrogen-bond acceptors (Lipinski definition) is 6. The minimum absolute atomic E-state index is 0.101. The maximum absolute atomic E-state index is 12.5. The van der Waals surface area contributed by atoms with Crippen LogP contribution in [0.5, 0.6) is 11.5 Å². The van der Waals surface area contributed by atoms with E-state index in [4.69, 9.17) is 14.7 Å². The third-order valence-electron chi connectivity index (χ3n) is 4.54. The molecule has 1 N–H and O–H groups in total. The van der Waals surface area contributed by atoms with Gasteiger partial charge in [0.2, 0.25) is 5.91 Å². The van der Waals surface area contributed by atoms with E-state index < -0.39 is 0 Å². The highest BCUT2D eigenvalue weighted by Gasteiger charge is 2.30. The van der Waals surface area contributed by atoms with Crippen LogP contribution in [0.4, 0.5) is 5.00 Å². The van der Waals surface area contributed by atoms with Crippen LogP contribution in [-0.4, -0.2) is 38.1 Å². The molecular weight excluding hydrogens is 350 g/mol. The van der Waals surface area contributed by atoms with E-state index >= 15 is 0 Å². The van der Waals surface area contributed by atoms with Gasteiger partial charge in [-0.05, 0) is 49.0 Å². The SMILES string of the molecule is COc1ccc(OC)c([C@@H]2CCCN2CC(=O)Nc2sccc2C#N)c1. The van der Waals surface area contributed by atoms with E-state index in [1.807, 2.05) is 18.2 Å². The van der Waals surface area contributed by atoms with Gasteiger partial charge < -0.3 is 14.8 Å². The molecule has 2 aromatic rings. The maximum atomic E-state index is 12.5. The lowest BCUT2D eigenvalue weighted by atomic mass is 10.0. The van der Waals surface area contributed by atoms with Gasteiger partial charge in [0, 0.05) is 11.6 Å². The van der Waals surface area contributed by atoms with Gasteiger partial charge in [-0.3, -0.25) is 9.69 Å². The van der Waals surface area contributed by atoms with Crippen LogP contribution in [-0.2, 0) is 4.79 Å². The summed E-state index contributed by atoms with van der Waals surface area (Å²) in [7, 11) is 3.29. The summed E-state index contributed by atoms with van der Waals surface area (Å²) in [5, 5.41) is 14.3. The lowest BCUT2D eigenvalue weighted by molar-refractivity contribution is -0.117. The third-order valence-corrected chi connectivity index (χ3v) is 5.37. The Kier molecular flexibility index (Phi) is 5.76. The number of amides is 1. The van der Waals surface area contributed by atoms with Gasteiger partial charge in [-0.15, -0.1) is 11.3 Å². The van der Waals surface area contributed by atoms with Crippen LogP contribution in [0.1, 0.15) is 30.0 Å². The fraction of sp³-hybridized carbons (Fsp3) is 0.368. The highest BCUT2D eigenvalue weighted by atomic mass is 32.1. The van der Waals surface area contributed by atoms with E-state index in [0.29, 0.717) is 10.6 Å². The Bertz CT molecular complexity index is 828. The average Bonchev–Trinajstić information content (AvgIpc) is 3.30. The molecule has 1 amide bonds. The van der Waals surface area contributed by atoms with Crippen molar-refractivity contribution in [3.05, 3.63) is 40.8 Å². The first-order valence-corrected chi connectivity index (χ1v) is 9.27. The number of likely N-dealkylation sites (tertiary alicyclic amines) is 1. The Labute approximate surface area is 156 Å². The fourth-order valence-corrected chi connectivity index (χ4v) is 4.07. The molecule has 1 aromatic heterocycles. The second-order valence-corrected chi connectivity index (χ2v) is 6.98. The summed E-state index contributed by atoms with van der Waals surface area (Å²) in [6.45, 7) is 1.11. The highest BCUT2D eigenvalue weighted by Crippen LogP contribution is 2.38. The monoisotopic (exact) mass is 371 g/mol. The number of hydrogen-bond donors (Lipinski definition) is 1. The molecule has 1 aromatic carbocycles. The normalized spacial score (nSPS) is 16.9. The molecule has 2 heterocycles. The van der Waals surface area contributed by atoms with Crippen molar-refractivity contribution in [1.82, 2.24) is 4.90 Å². The molecule has 6 nitrogen and oxygen atoms in total. The quantitative estimate of drug-likeness (QED) is 0.842. The Hall–Kier alpha value is -2.56. The molecule has 3 rings (SSSR count). The predicted molar refractivity (Wildman–Crippen MR) is 101 cm³/mol. The second-order valence-electron chi connectivity index (χ2n) is 6.06. The van der Waals surface area contributed by atoms with Crippen LogP contribution in [0.25, 0.3) is 0 Å². The van der Waals surface area contributed by atoms with Crippen molar-refractivity contribution in [2.45, 2.75) is 18.9 Å². The van der Waals surface area contributed by atoms with Crippen molar-refractivity contribution in [2.24, 2.45) is 0 Å². The van der Waals surface area contributed by atoms with Crippen molar-refractivity contribution >= 4 is 22.2 Å². The number of carbonyl (C=O) groups is 1. The lowest BCUT2D eigenvalue weighted by Crippen LogP contribution is -2.33. The summed E-state index contributed by atoms with van der Waals surface area (Å²) in [6.07, 6.45) is 1.97. The largest absolute Gasteiger partial charge is 0.497 e. The van der Waals surface area contributed by atoms with Gasteiger partial charge >= 0.3 is 0 Å². The number of nitrogens with zero attached hydrogens (tertiary/aromatic N) is 2. The lowest BCUT2D eigenvalue weighted by Gasteiger charge is -2.26. The molecule has 0 unspecified atom stereocenters. The molecule has 0 radical (unpaired) electrons. The van der Waals surface area contributed by atoms with E-state index in [9.17, 15) is 4.79 Å². The number of methoxy groups -OCH3 is 2. The van der Waals surface area contributed by atoms with Gasteiger partial charge in [0.1, 0.15) is 22.6 Å². The molecular formula is C19H21N3O3S. The molecule has 1 aliphatic heterocycles. The Morgan fingerprint density at radius 2 is 2.23 bits per heavy atom. The predicted octanol–water partition coefficient (Wildman–Crippen LogP) is 3.41. The molecule has 136 valence electrons.